The van der Waals surface area contributed by atoms with Gasteiger partial charge in [0, 0.05) is 13.1 Å². The summed E-state index contributed by atoms with van der Waals surface area (Å²) in [5, 5.41) is 6.11. The van der Waals surface area contributed by atoms with E-state index >= 15 is 0 Å². The van der Waals surface area contributed by atoms with Gasteiger partial charge in [-0.3, -0.25) is 9.69 Å². The van der Waals surface area contributed by atoms with E-state index in [0.29, 0.717) is 12.5 Å². The molecular formula is C11H25N3O. The fraction of sp³-hybridized carbons (Fsp3) is 0.909. The van der Waals surface area contributed by atoms with Gasteiger partial charge in [-0.25, -0.2) is 0 Å². The van der Waals surface area contributed by atoms with Crippen LogP contribution in [0, 0.1) is 5.92 Å². The van der Waals surface area contributed by atoms with Crippen molar-refractivity contribution in [3.05, 3.63) is 0 Å². The van der Waals surface area contributed by atoms with Crippen LogP contribution in [0.1, 0.15) is 20.8 Å². The van der Waals surface area contributed by atoms with Gasteiger partial charge in [-0.15, -0.1) is 0 Å². The van der Waals surface area contributed by atoms with Crippen LogP contribution < -0.4 is 10.6 Å². The molecule has 0 aromatic heterocycles. The van der Waals surface area contributed by atoms with Crippen molar-refractivity contribution in [2.45, 2.75) is 26.8 Å². The molecule has 0 saturated heterocycles. The van der Waals surface area contributed by atoms with E-state index in [-0.39, 0.29) is 11.9 Å². The Bertz CT molecular complexity index is 173. The smallest absolute Gasteiger partial charge is 0.237 e. The van der Waals surface area contributed by atoms with Crippen LogP contribution in [-0.4, -0.2) is 50.6 Å². The Morgan fingerprint density at radius 1 is 1.27 bits per heavy atom. The second-order valence-corrected chi connectivity index (χ2v) is 4.30. The first kappa shape index (κ1) is 14.4. The number of amides is 1. The third-order valence-corrected chi connectivity index (χ3v) is 2.31. The maximum absolute atomic E-state index is 11.8. The molecule has 0 aliphatic heterocycles. The van der Waals surface area contributed by atoms with Gasteiger partial charge in [0.1, 0.15) is 0 Å². The highest BCUT2D eigenvalue weighted by atomic mass is 16.2. The third-order valence-electron chi connectivity index (χ3n) is 2.31. The zero-order valence-corrected chi connectivity index (χ0v) is 10.6. The molecule has 0 aromatic rings. The van der Waals surface area contributed by atoms with Gasteiger partial charge in [0.05, 0.1) is 6.04 Å². The standard InChI is InChI=1S/C11H25N3O/c1-6-12-7-8-13-11(15)10(9(2)3)14(4)5/h9-10,12H,6-8H2,1-5H3,(H,13,15). The molecule has 2 N–H and O–H groups in total. The van der Waals surface area contributed by atoms with Crippen LogP contribution in [0.2, 0.25) is 0 Å². The maximum Gasteiger partial charge on any atom is 0.237 e. The molecule has 1 atom stereocenters. The summed E-state index contributed by atoms with van der Waals surface area (Å²) in [6.45, 7) is 8.66. The minimum absolute atomic E-state index is 0.0355. The Balaban J connectivity index is 3.93. The highest BCUT2D eigenvalue weighted by molar-refractivity contribution is 5.81. The molecule has 0 aromatic carbocycles. The first-order valence-electron chi connectivity index (χ1n) is 5.65. The van der Waals surface area contributed by atoms with Gasteiger partial charge < -0.3 is 10.6 Å². The van der Waals surface area contributed by atoms with Crippen molar-refractivity contribution in [3.8, 4) is 0 Å². The molecule has 4 heteroatoms. The Labute approximate surface area is 93.4 Å². The minimum atomic E-state index is -0.0355. The van der Waals surface area contributed by atoms with E-state index in [1.165, 1.54) is 0 Å². The predicted octanol–water partition coefficient (Wildman–Crippen LogP) is 0.298. The summed E-state index contributed by atoms with van der Waals surface area (Å²) in [7, 11) is 3.88. The fourth-order valence-electron chi connectivity index (χ4n) is 1.69. The summed E-state index contributed by atoms with van der Waals surface area (Å²) in [6.07, 6.45) is 0. The Morgan fingerprint density at radius 3 is 2.27 bits per heavy atom. The van der Waals surface area contributed by atoms with Gasteiger partial charge in [-0.1, -0.05) is 20.8 Å². The largest absolute Gasteiger partial charge is 0.353 e. The first-order chi connectivity index (χ1) is 7.00. The van der Waals surface area contributed by atoms with Crippen LogP contribution >= 0.6 is 0 Å². The van der Waals surface area contributed by atoms with Crippen LogP contribution in [0.3, 0.4) is 0 Å². The highest BCUT2D eigenvalue weighted by Gasteiger charge is 2.23. The van der Waals surface area contributed by atoms with Crippen molar-refractivity contribution in [1.82, 2.24) is 15.5 Å². The lowest BCUT2D eigenvalue weighted by Gasteiger charge is -2.26. The van der Waals surface area contributed by atoms with Crippen LogP contribution in [0.25, 0.3) is 0 Å². The number of carbonyl (C=O) groups is 1. The Morgan fingerprint density at radius 2 is 1.87 bits per heavy atom. The van der Waals surface area contributed by atoms with E-state index in [1.807, 2.05) is 19.0 Å². The van der Waals surface area contributed by atoms with Gasteiger partial charge in [-0.05, 0) is 26.6 Å². The average Bonchev–Trinajstić information content (AvgIpc) is 2.11. The quantitative estimate of drug-likeness (QED) is 0.600. The first-order valence-corrected chi connectivity index (χ1v) is 5.65. The minimum Gasteiger partial charge on any atom is -0.353 e. The van der Waals surface area contributed by atoms with Gasteiger partial charge >= 0.3 is 0 Å². The Hall–Kier alpha value is -0.610. The molecule has 1 unspecified atom stereocenters. The van der Waals surface area contributed by atoms with Gasteiger partial charge in [-0.2, -0.15) is 0 Å². The van der Waals surface area contributed by atoms with Crippen LogP contribution in [0.4, 0.5) is 0 Å². The maximum atomic E-state index is 11.8. The lowest BCUT2D eigenvalue weighted by atomic mass is 10.0. The normalized spacial score (nSPS) is 13.3. The molecule has 0 spiro atoms. The monoisotopic (exact) mass is 215 g/mol. The third kappa shape index (κ3) is 5.74. The second kappa shape index (κ2) is 7.65. The topological polar surface area (TPSA) is 44.4 Å². The zero-order valence-electron chi connectivity index (χ0n) is 10.6. The van der Waals surface area contributed by atoms with Crippen molar-refractivity contribution in [2.75, 3.05) is 33.7 Å². The van der Waals surface area contributed by atoms with E-state index in [1.54, 1.807) is 0 Å². The summed E-state index contributed by atoms with van der Waals surface area (Å²) in [4.78, 5) is 13.8. The number of likely N-dealkylation sites (N-methyl/N-ethyl adjacent to an activating group) is 2. The molecule has 0 bridgehead atoms. The van der Waals surface area contributed by atoms with Crippen LogP contribution in [-0.2, 0) is 4.79 Å². The lowest BCUT2D eigenvalue weighted by Crippen LogP contribution is -2.48. The van der Waals surface area contributed by atoms with Crippen molar-refractivity contribution < 1.29 is 4.79 Å². The zero-order chi connectivity index (χ0) is 11.8. The van der Waals surface area contributed by atoms with Crippen LogP contribution in [0.15, 0.2) is 0 Å². The molecule has 0 heterocycles. The van der Waals surface area contributed by atoms with E-state index in [9.17, 15) is 4.79 Å². The molecule has 0 rings (SSSR count). The fourth-order valence-corrected chi connectivity index (χ4v) is 1.69. The van der Waals surface area contributed by atoms with Crippen molar-refractivity contribution >= 4 is 5.91 Å². The van der Waals surface area contributed by atoms with E-state index in [0.717, 1.165) is 13.1 Å². The second-order valence-electron chi connectivity index (χ2n) is 4.30. The highest BCUT2D eigenvalue weighted by Crippen LogP contribution is 2.06. The summed E-state index contributed by atoms with van der Waals surface area (Å²) < 4.78 is 0. The molecule has 1 amide bonds. The number of hydrogen-bond acceptors (Lipinski definition) is 3. The number of nitrogens with one attached hydrogen (secondary N) is 2. The molecule has 0 saturated carbocycles. The van der Waals surface area contributed by atoms with Gasteiger partial charge in [0.25, 0.3) is 0 Å². The molecule has 0 aliphatic carbocycles. The van der Waals surface area contributed by atoms with E-state index < -0.39 is 0 Å². The lowest BCUT2D eigenvalue weighted by molar-refractivity contribution is -0.126. The Kier molecular flexibility index (Phi) is 7.34. The van der Waals surface area contributed by atoms with Crippen molar-refractivity contribution in [3.63, 3.8) is 0 Å². The number of hydrogen-bond donors (Lipinski definition) is 2. The van der Waals surface area contributed by atoms with Gasteiger partial charge in [0.2, 0.25) is 5.91 Å². The van der Waals surface area contributed by atoms with Crippen LogP contribution in [0.5, 0.6) is 0 Å². The summed E-state index contributed by atoms with van der Waals surface area (Å²) in [5.41, 5.74) is 0. The van der Waals surface area contributed by atoms with Crippen molar-refractivity contribution in [2.24, 2.45) is 5.92 Å². The molecule has 0 radical (unpaired) electrons. The SMILES string of the molecule is CCNCCNC(=O)C(C(C)C)N(C)C. The molecule has 4 nitrogen and oxygen atoms in total. The predicted molar refractivity (Wildman–Crippen MR) is 63.9 cm³/mol. The number of nitrogens with zero attached hydrogens (tertiary/aromatic N) is 1. The number of rotatable bonds is 7. The number of carbonyl (C=O) groups excluding carboxylic acids is 1. The summed E-state index contributed by atoms with van der Waals surface area (Å²) in [6, 6.07) is -0.0355. The summed E-state index contributed by atoms with van der Waals surface area (Å²) >= 11 is 0. The van der Waals surface area contributed by atoms with E-state index in [4.69, 9.17) is 0 Å². The average molecular weight is 215 g/mol. The van der Waals surface area contributed by atoms with Gasteiger partial charge in [0.15, 0.2) is 0 Å². The molecule has 15 heavy (non-hydrogen) atoms. The van der Waals surface area contributed by atoms with E-state index in [2.05, 4.69) is 31.4 Å². The van der Waals surface area contributed by atoms with Crippen molar-refractivity contribution in [1.29, 1.82) is 0 Å². The summed E-state index contributed by atoms with van der Waals surface area (Å²) in [5.74, 6) is 0.451. The molecular weight excluding hydrogens is 190 g/mol. The molecule has 0 aliphatic rings. The molecule has 90 valence electrons. The molecule has 0 fully saturated rings.